The Morgan fingerprint density at radius 2 is 1.92 bits per heavy atom. The van der Waals surface area contributed by atoms with Gasteiger partial charge in [-0.1, -0.05) is 20.3 Å². The molecule has 0 aliphatic rings. The van der Waals surface area contributed by atoms with E-state index in [0.29, 0.717) is 27.9 Å². The number of benzene rings is 1. The Morgan fingerprint density at radius 1 is 1.13 bits per heavy atom. The number of carbonyl (C=O) groups excluding carboxylic acids is 2. The lowest BCUT2D eigenvalue weighted by molar-refractivity contribution is 0.0958. The van der Waals surface area contributed by atoms with Crippen LogP contribution >= 0.6 is 0 Å². The van der Waals surface area contributed by atoms with E-state index in [1.54, 1.807) is 37.3 Å². The fourth-order valence-electron chi connectivity index (χ4n) is 4.03. The van der Waals surface area contributed by atoms with Crippen LogP contribution in [0.2, 0.25) is 0 Å². The van der Waals surface area contributed by atoms with Crippen LogP contribution in [0.4, 0.5) is 14.9 Å². The first-order valence-electron chi connectivity index (χ1n) is 12.6. The van der Waals surface area contributed by atoms with Gasteiger partial charge < -0.3 is 25.8 Å². The lowest BCUT2D eigenvalue weighted by Crippen LogP contribution is -2.37. The summed E-state index contributed by atoms with van der Waals surface area (Å²) >= 11 is 0. The molecule has 2 heterocycles. The largest absolute Gasteiger partial charge is 0.475 e. The van der Waals surface area contributed by atoms with Crippen molar-refractivity contribution in [1.82, 2.24) is 20.6 Å². The number of aliphatic hydroxyl groups is 1. The minimum atomic E-state index is -0.555. The van der Waals surface area contributed by atoms with Crippen molar-refractivity contribution in [3.63, 3.8) is 0 Å². The molecule has 1 aromatic carbocycles. The van der Waals surface area contributed by atoms with Gasteiger partial charge in [0.2, 0.25) is 5.88 Å². The molecule has 0 saturated carbocycles. The summed E-state index contributed by atoms with van der Waals surface area (Å²) < 4.78 is 20.5. The van der Waals surface area contributed by atoms with Crippen LogP contribution in [0.3, 0.4) is 0 Å². The third-order valence-electron chi connectivity index (χ3n) is 6.00. The SMILES string of the molecule is CCCC(CC)NC(=O)Nc1cc(-c2cc(OCCO)nc(-c3ccnc(C(=O)NC)c3)c2)c(C)cc1F. The summed E-state index contributed by atoms with van der Waals surface area (Å²) in [5, 5.41) is 17.3. The van der Waals surface area contributed by atoms with Crippen LogP contribution in [-0.4, -0.2) is 53.3 Å². The summed E-state index contributed by atoms with van der Waals surface area (Å²) in [4.78, 5) is 33.3. The van der Waals surface area contributed by atoms with E-state index in [2.05, 4.69) is 25.9 Å². The average molecular weight is 524 g/mol. The quantitative estimate of drug-likeness (QED) is 0.289. The second-order valence-corrected chi connectivity index (χ2v) is 8.80. The van der Waals surface area contributed by atoms with E-state index in [4.69, 9.17) is 4.74 Å². The number of halogens is 1. The van der Waals surface area contributed by atoms with Gasteiger partial charge in [-0.15, -0.1) is 0 Å². The van der Waals surface area contributed by atoms with E-state index in [1.165, 1.54) is 19.3 Å². The van der Waals surface area contributed by atoms with E-state index in [0.717, 1.165) is 19.3 Å². The number of anilines is 1. The fourth-order valence-corrected chi connectivity index (χ4v) is 4.03. The number of aryl methyl sites for hydroxylation is 1. The number of amides is 3. The molecule has 38 heavy (non-hydrogen) atoms. The van der Waals surface area contributed by atoms with Crippen molar-refractivity contribution in [3.05, 3.63) is 59.7 Å². The molecule has 1 unspecified atom stereocenters. The minimum Gasteiger partial charge on any atom is -0.475 e. The van der Waals surface area contributed by atoms with Crippen LogP contribution in [0.1, 0.15) is 49.2 Å². The maximum Gasteiger partial charge on any atom is 0.319 e. The number of pyridine rings is 2. The zero-order valence-corrected chi connectivity index (χ0v) is 22.1. The first-order valence-corrected chi connectivity index (χ1v) is 12.6. The standard InChI is InChI=1S/C28H34FN5O4/c1-5-7-20(6-2)32-28(37)34-24-16-21(17(3)12-22(24)29)19-14-23(33-26(15-19)38-11-10-35)18-8-9-31-25(13-18)27(36)30-4/h8-9,12-16,20,35H,5-7,10-11H2,1-4H3,(H,30,36)(H2,32,34,37). The first kappa shape index (κ1) is 28.5. The molecule has 0 bridgehead atoms. The molecular weight excluding hydrogens is 489 g/mol. The summed E-state index contributed by atoms with van der Waals surface area (Å²) in [6.07, 6.45) is 4.04. The number of nitrogens with one attached hydrogen (secondary N) is 3. The molecule has 2 aromatic heterocycles. The molecule has 0 spiro atoms. The number of carbonyl (C=O) groups is 2. The van der Waals surface area contributed by atoms with Gasteiger partial charge in [0.15, 0.2) is 0 Å². The van der Waals surface area contributed by atoms with Crippen molar-refractivity contribution < 1.29 is 23.8 Å². The second-order valence-electron chi connectivity index (χ2n) is 8.80. The minimum absolute atomic E-state index is 0.00186. The summed E-state index contributed by atoms with van der Waals surface area (Å²) in [7, 11) is 1.52. The molecule has 10 heteroatoms. The third kappa shape index (κ3) is 7.25. The number of urea groups is 1. The number of hydrogen-bond acceptors (Lipinski definition) is 6. The smallest absolute Gasteiger partial charge is 0.319 e. The van der Waals surface area contributed by atoms with Gasteiger partial charge in [-0.2, -0.15) is 0 Å². The van der Waals surface area contributed by atoms with E-state index in [9.17, 15) is 19.1 Å². The summed E-state index contributed by atoms with van der Waals surface area (Å²) in [6, 6.07) is 9.24. The van der Waals surface area contributed by atoms with E-state index in [1.807, 2.05) is 13.8 Å². The van der Waals surface area contributed by atoms with E-state index < -0.39 is 11.8 Å². The molecule has 3 rings (SSSR count). The van der Waals surface area contributed by atoms with Gasteiger partial charge in [0.1, 0.15) is 18.1 Å². The maximum atomic E-state index is 14.9. The van der Waals surface area contributed by atoms with Crippen LogP contribution in [-0.2, 0) is 0 Å². The van der Waals surface area contributed by atoms with Gasteiger partial charge >= 0.3 is 6.03 Å². The first-order chi connectivity index (χ1) is 18.3. The molecule has 9 nitrogen and oxygen atoms in total. The van der Waals surface area contributed by atoms with Gasteiger partial charge in [-0.25, -0.2) is 14.2 Å². The Labute approximate surface area is 221 Å². The van der Waals surface area contributed by atoms with Gasteiger partial charge in [-0.05, 0) is 66.8 Å². The van der Waals surface area contributed by atoms with Gasteiger partial charge in [0.25, 0.3) is 5.91 Å². The number of ether oxygens (including phenoxy) is 1. The fraction of sp³-hybridized carbons (Fsp3) is 0.357. The van der Waals surface area contributed by atoms with Crippen molar-refractivity contribution >= 4 is 17.6 Å². The van der Waals surface area contributed by atoms with Gasteiger partial charge in [0.05, 0.1) is 18.0 Å². The highest BCUT2D eigenvalue weighted by Crippen LogP contribution is 2.33. The van der Waals surface area contributed by atoms with Crippen molar-refractivity contribution in [2.24, 2.45) is 0 Å². The second kappa shape index (κ2) is 13.5. The molecule has 0 aliphatic heterocycles. The highest BCUT2D eigenvalue weighted by Gasteiger charge is 2.17. The predicted molar refractivity (Wildman–Crippen MR) is 145 cm³/mol. The van der Waals surface area contributed by atoms with Crippen LogP contribution in [0.25, 0.3) is 22.4 Å². The number of nitrogens with zero attached hydrogens (tertiary/aromatic N) is 2. The Hall–Kier alpha value is -4.05. The molecule has 0 fully saturated rings. The molecule has 0 radical (unpaired) electrons. The summed E-state index contributed by atoms with van der Waals surface area (Å²) in [6.45, 7) is 5.62. The van der Waals surface area contributed by atoms with Crippen LogP contribution in [0.5, 0.6) is 5.88 Å². The van der Waals surface area contributed by atoms with Gasteiger partial charge in [-0.3, -0.25) is 9.78 Å². The molecule has 1 atom stereocenters. The van der Waals surface area contributed by atoms with Crippen LogP contribution in [0.15, 0.2) is 42.6 Å². The molecule has 0 saturated heterocycles. The normalized spacial score (nSPS) is 11.5. The zero-order chi connectivity index (χ0) is 27.7. The van der Waals surface area contributed by atoms with Crippen LogP contribution in [0, 0.1) is 12.7 Å². The van der Waals surface area contributed by atoms with E-state index in [-0.39, 0.29) is 42.4 Å². The Bertz CT molecular complexity index is 1280. The monoisotopic (exact) mass is 523 g/mol. The number of aliphatic hydroxyl groups excluding tert-OH is 1. The topological polar surface area (TPSA) is 125 Å². The van der Waals surface area contributed by atoms with Crippen molar-refractivity contribution in [2.45, 2.75) is 46.1 Å². The number of rotatable bonds is 11. The highest BCUT2D eigenvalue weighted by molar-refractivity contribution is 5.93. The number of aromatic nitrogens is 2. The Morgan fingerprint density at radius 3 is 2.61 bits per heavy atom. The Kier molecular flexibility index (Phi) is 10.1. The van der Waals surface area contributed by atoms with Crippen molar-refractivity contribution in [2.75, 3.05) is 25.6 Å². The van der Waals surface area contributed by atoms with Crippen molar-refractivity contribution in [1.29, 1.82) is 0 Å². The average Bonchev–Trinajstić information content (AvgIpc) is 2.92. The lowest BCUT2D eigenvalue weighted by Gasteiger charge is -2.18. The predicted octanol–water partition coefficient (Wildman–Crippen LogP) is 4.69. The molecular formula is C28H34FN5O4. The third-order valence-corrected chi connectivity index (χ3v) is 6.00. The van der Waals surface area contributed by atoms with Crippen LogP contribution < -0.4 is 20.7 Å². The maximum absolute atomic E-state index is 14.9. The molecule has 202 valence electrons. The van der Waals surface area contributed by atoms with Gasteiger partial charge in [0, 0.05) is 30.9 Å². The Balaban J connectivity index is 2.03. The molecule has 3 amide bonds. The number of hydrogen-bond donors (Lipinski definition) is 4. The van der Waals surface area contributed by atoms with Crippen molar-refractivity contribution in [3.8, 4) is 28.3 Å². The summed E-state index contributed by atoms with van der Waals surface area (Å²) in [5.74, 6) is -0.654. The molecule has 4 N–H and O–H groups in total. The molecule has 0 aliphatic carbocycles. The zero-order valence-electron chi connectivity index (χ0n) is 22.1. The summed E-state index contributed by atoms with van der Waals surface area (Å²) in [5.41, 5.74) is 3.31. The highest BCUT2D eigenvalue weighted by atomic mass is 19.1. The molecule has 3 aromatic rings. The van der Waals surface area contributed by atoms with E-state index >= 15 is 0 Å². The lowest BCUT2D eigenvalue weighted by atomic mass is 9.98.